The SMILES string of the molecule is CC(C)(C)OC(N)=O.COC(=O)CS.COC(=O)c1sc2nc(Cl)cc(C)c2c1N.COC(=O)c1sc2nc(NC(=O)OC(C)(C)C)cc(C)c2c1N.Cc1cc(Cl)nc(Cl)c1C#N.Cc1cc(NC(=O)OC(C)(C)C)nc2sc(C(=O)O)c(N)c12. The smallest absolute Gasteiger partial charge is 0.413 e. The van der Waals surface area contributed by atoms with Crippen molar-refractivity contribution in [2.75, 3.05) is 54.9 Å². The second-order valence-corrected chi connectivity index (χ2v) is 24.8. The molecular formula is C54H66Cl3N11O14S4. The molecule has 0 aliphatic carbocycles. The highest BCUT2D eigenvalue weighted by atomic mass is 35.5. The minimum absolute atomic E-state index is 0.0417. The maximum Gasteiger partial charge on any atom is 0.413 e. The van der Waals surface area contributed by atoms with E-state index in [1.54, 1.807) is 100 Å². The highest BCUT2D eigenvalue weighted by molar-refractivity contribution is 7.81. The Morgan fingerprint density at radius 2 is 0.930 bits per heavy atom. The number of pyridine rings is 4. The van der Waals surface area contributed by atoms with E-state index in [1.807, 2.05) is 19.9 Å². The largest absolute Gasteiger partial charge is 0.477 e. The van der Waals surface area contributed by atoms with Crippen molar-refractivity contribution < 1.29 is 67.1 Å². The molecule has 0 unspecified atom stereocenters. The first-order valence-corrected chi connectivity index (χ1v) is 28.9. The van der Waals surface area contributed by atoms with Crippen molar-refractivity contribution in [1.82, 2.24) is 19.9 Å². The fraction of sp³-hybridized carbons (Fsp3) is 0.370. The molecule has 0 aliphatic rings. The van der Waals surface area contributed by atoms with Gasteiger partial charge < -0.3 is 56.5 Å². The first kappa shape index (κ1) is 74.4. The van der Waals surface area contributed by atoms with E-state index in [4.69, 9.17) is 82.3 Å². The van der Waals surface area contributed by atoms with E-state index in [0.29, 0.717) is 68.1 Å². The summed E-state index contributed by atoms with van der Waals surface area (Å²) in [5.41, 5.74) is 25.3. The van der Waals surface area contributed by atoms with Crippen LogP contribution in [0.1, 0.15) is 119 Å². The van der Waals surface area contributed by atoms with E-state index < -0.39 is 53.0 Å². The number of aryl methyl sites for hydroxylation is 4. The Bertz CT molecular complexity index is 3670. The number of carboxylic acid groups (broad SMARTS) is 1. The number of esters is 3. The summed E-state index contributed by atoms with van der Waals surface area (Å²) in [7, 11) is 3.94. The Kier molecular flexibility index (Phi) is 27.8. The number of nitrogens with one attached hydrogen (secondary N) is 2. The molecule has 0 spiro atoms. The van der Waals surface area contributed by atoms with Crippen LogP contribution in [0.25, 0.3) is 30.6 Å². The molecular weight excluding hydrogens is 1260 g/mol. The lowest BCUT2D eigenvalue weighted by molar-refractivity contribution is -0.137. The Morgan fingerprint density at radius 1 is 0.581 bits per heavy atom. The van der Waals surface area contributed by atoms with E-state index >= 15 is 0 Å². The quantitative estimate of drug-likeness (QED) is 0.0332. The normalized spacial score (nSPS) is 10.7. The number of carboxylic acids is 1. The number of halogens is 3. The third-order valence-corrected chi connectivity index (χ3v) is 14.0. The van der Waals surface area contributed by atoms with Crippen LogP contribution in [-0.2, 0) is 33.2 Å². The van der Waals surface area contributed by atoms with Gasteiger partial charge in [0.1, 0.15) is 79.1 Å². The van der Waals surface area contributed by atoms with Crippen molar-refractivity contribution in [1.29, 1.82) is 5.26 Å². The lowest BCUT2D eigenvalue weighted by atomic mass is 10.1. The first-order valence-electron chi connectivity index (χ1n) is 24.7. The zero-order valence-corrected chi connectivity index (χ0v) is 55.2. The average molecular weight is 1330 g/mol. The number of fused-ring (bicyclic) bond motifs is 3. The molecule has 3 amide bonds. The topological polar surface area (TPSA) is 399 Å². The van der Waals surface area contributed by atoms with Gasteiger partial charge >= 0.3 is 42.2 Å². The van der Waals surface area contributed by atoms with Gasteiger partial charge in [0.25, 0.3) is 0 Å². The number of carbonyl (C=O) groups excluding carboxylic acids is 6. The van der Waals surface area contributed by atoms with Crippen molar-refractivity contribution in [3.05, 3.63) is 82.2 Å². The van der Waals surface area contributed by atoms with Gasteiger partial charge in [-0.15, -0.1) is 34.0 Å². The van der Waals surface area contributed by atoms with E-state index in [-0.39, 0.29) is 33.3 Å². The van der Waals surface area contributed by atoms with Crippen LogP contribution in [0, 0.1) is 39.0 Å². The number of aromatic carboxylic acids is 1. The van der Waals surface area contributed by atoms with Crippen molar-refractivity contribution >= 4 is 183 Å². The van der Waals surface area contributed by atoms with E-state index in [0.717, 1.165) is 50.3 Å². The monoisotopic (exact) mass is 1330 g/mol. The molecule has 0 saturated carbocycles. The lowest BCUT2D eigenvalue weighted by Gasteiger charge is -2.19. The van der Waals surface area contributed by atoms with Crippen LogP contribution in [0.15, 0.2) is 24.3 Å². The highest BCUT2D eigenvalue weighted by Gasteiger charge is 2.24. The zero-order valence-electron chi connectivity index (χ0n) is 49.6. The van der Waals surface area contributed by atoms with Gasteiger partial charge in [-0.25, -0.2) is 48.7 Å². The summed E-state index contributed by atoms with van der Waals surface area (Å²) in [6, 6.07) is 8.56. The molecule has 0 aliphatic heterocycles. The third-order valence-electron chi connectivity index (χ3n) is 9.87. The number of rotatable bonds is 6. The Balaban J connectivity index is 0.000000372. The molecule has 0 fully saturated rings. The van der Waals surface area contributed by atoms with Gasteiger partial charge in [-0.1, -0.05) is 34.8 Å². The van der Waals surface area contributed by atoms with Crippen LogP contribution < -0.4 is 33.6 Å². The summed E-state index contributed by atoms with van der Waals surface area (Å²) in [5, 5.41) is 25.7. The number of aromatic nitrogens is 4. The van der Waals surface area contributed by atoms with Gasteiger partial charge in [-0.3, -0.25) is 15.4 Å². The van der Waals surface area contributed by atoms with Crippen LogP contribution in [-0.4, -0.2) is 111 Å². The summed E-state index contributed by atoms with van der Waals surface area (Å²) < 4.78 is 28.5. The van der Waals surface area contributed by atoms with E-state index in [1.165, 1.54) is 32.7 Å². The molecule has 7 rings (SSSR count). The number of nitrogens with zero attached hydrogens (tertiary/aromatic N) is 5. The number of thiol groups is 1. The maximum atomic E-state index is 11.8. The van der Waals surface area contributed by atoms with Crippen molar-refractivity contribution in [2.24, 2.45) is 5.73 Å². The predicted molar refractivity (Wildman–Crippen MR) is 341 cm³/mol. The van der Waals surface area contributed by atoms with Crippen LogP contribution in [0.2, 0.25) is 15.5 Å². The standard InChI is InChI=1S/C15H19N3O4S.C14H17N3O4S.C10H9ClN2O2S.C7H4Cl2N2.C5H11NO2.C3H6O2S/c1-7-6-8(18-14(20)22-15(2,3)4)17-12-9(7)10(16)11(23-12)13(19)21-5;1-6-5-7(17-13(20)21-14(2,3)4)16-11-8(6)9(15)10(22-11)12(18)19;1-4-3-5(11)13-9-6(4)7(12)8(16-9)10(14)15-2;1-4-2-6(8)11-7(9)5(4)3-10;1-5(2,3)8-4(6)7;1-5-3(4)2-6/h6H,16H2,1-5H3,(H,17,18,20);5H,15H2,1-4H3,(H,18,19)(H,16,17,20);3H,12H2,1-2H3;2H,1H3;1-3H3,(H2,6,7);6H,2H2,1H3. The number of thiophene rings is 3. The van der Waals surface area contributed by atoms with Crippen LogP contribution in [0.4, 0.5) is 43.1 Å². The number of amides is 3. The Morgan fingerprint density at radius 3 is 1.23 bits per heavy atom. The molecule has 7 aromatic heterocycles. The molecule has 11 N–H and O–H groups in total. The highest BCUT2D eigenvalue weighted by Crippen LogP contribution is 2.39. The summed E-state index contributed by atoms with van der Waals surface area (Å²) in [4.78, 5) is 96.6. The summed E-state index contributed by atoms with van der Waals surface area (Å²) in [6.07, 6.45) is -1.94. The van der Waals surface area contributed by atoms with Gasteiger partial charge in [0.15, 0.2) is 0 Å². The number of nitrogen functional groups attached to an aromatic ring is 3. The number of primary amides is 1. The number of carbonyl (C=O) groups is 7. The van der Waals surface area contributed by atoms with Crippen LogP contribution in [0.5, 0.6) is 0 Å². The molecule has 0 radical (unpaired) electrons. The average Bonchev–Trinajstić information content (AvgIpc) is 1.74. The Labute approximate surface area is 527 Å². The third kappa shape index (κ3) is 22.9. The van der Waals surface area contributed by atoms with Crippen molar-refractivity contribution in [3.8, 4) is 6.07 Å². The molecule has 0 bridgehead atoms. The molecule has 466 valence electrons. The molecule has 86 heavy (non-hydrogen) atoms. The van der Waals surface area contributed by atoms with Crippen molar-refractivity contribution in [2.45, 2.75) is 107 Å². The van der Waals surface area contributed by atoms with Gasteiger partial charge in [0.2, 0.25) is 0 Å². The number of hydrogen-bond acceptors (Lipinski definition) is 25. The minimum Gasteiger partial charge on any atom is -0.477 e. The van der Waals surface area contributed by atoms with E-state index in [9.17, 15) is 33.6 Å². The second-order valence-electron chi connectivity index (χ2n) is 20.3. The molecule has 0 saturated heterocycles. The van der Waals surface area contributed by atoms with E-state index in [2.05, 4.69) is 57.4 Å². The number of ether oxygens (including phenoxy) is 6. The Hall–Kier alpha value is -7.72. The van der Waals surface area contributed by atoms with Crippen molar-refractivity contribution in [3.63, 3.8) is 0 Å². The molecule has 32 heteroatoms. The predicted octanol–water partition coefficient (Wildman–Crippen LogP) is 12.7. The van der Waals surface area contributed by atoms with Crippen LogP contribution in [0.3, 0.4) is 0 Å². The molecule has 7 heterocycles. The zero-order chi connectivity index (χ0) is 66.1. The molecule has 7 aromatic rings. The molecule has 0 atom stereocenters. The van der Waals surface area contributed by atoms with Gasteiger partial charge in [-0.2, -0.15) is 17.9 Å². The first-order chi connectivity index (χ1) is 39.6. The summed E-state index contributed by atoms with van der Waals surface area (Å²) in [6.45, 7) is 23.1. The number of nitrogens with two attached hydrogens (primary N) is 4. The molecule has 0 aromatic carbocycles. The number of nitriles is 1. The number of methoxy groups -OCH3 is 3. The summed E-state index contributed by atoms with van der Waals surface area (Å²) >= 11 is 23.9. The second kappa shape index (κ2) is 32.1. The lowest BCUT2D eigenvalue weighted by Crippen LogP contribution is -2.27. The molecule has 25 nitrogen and oxygen atoms in total. The minimum atomic E-state index is -1.10. The van der Waals surface area contributed by atoms with Gasteiger partial charge in [0, 0.05) is 16.2 Å². The fourth-order valence-corrected chi connectivity index (χ4v) is 10.8. The van der Waals surface area contributed by atoms with Crippen LogP contribution >= 0.6 is 81.4 Å². The summed E-state index contributed by atoms with van der Waals surface area (Å²) in [5.74, 6) is -1.56. The van der Waals surface area contributed by atoms with Gasteiger partial charge in [-0.05, 0) is 137 Å². The number of anilines is 5. The number of hydrogen-bond donors (Lipinski definition) is 8. The fourth-order valence-electron chi connectivity index (χ4n) is 6.58. The maximum absolute atomic E-state index is 11.8. The van der Waals surface area contributed by atoms with Gasteiger partial charge in [0.05, 0.1) is 49.7 Å².